The van der Waals surface area contributed by atoms with Gasteiger partial charge in [-0.2, -0.15) is 0 Å². The average Bonchev–Trinajstić information content (AvgIpc) is 3.46. The number of rotatable bonds is 7. The predicted molar refractivity (Wildman–Crippen MR) is 119 cm³/mol. The number of tetrazole rings is 1. The van der Waals surface area contributed by atoms with E-state index in [0.29, 0.717) is 44.5 Å². The maximum absolute atomic E-state index is 12.7. The van der Waals surface area contributed by atoms with Crippen LogP contribution in [-0.4, -0.2) is 80.3 Å². The summed E-state index contributed by atoms with van der Waals surface area (Å²) in [6.07, 6.45) is 4.62. The van der Waals surface area contributed by atoms with Crippen LogP contribution in [0.25, 0.3) is 0 Å². The highest BCUT2D eigenvalue weighted by Gasteiger charge is 2.25. The highest BCUT2D eigenvalue weighted by Crippen LogP contribution is 2.31. The molecule has 2 amide bonds. The standard InChI is InChI=1S/C21H29N7O2S/c1-16-6-8-17(9-7-16)22-19(29)14-26-10-12-27(13-11-26)20(30)15-31-21-23-24-25-28(21)18-4-2-3-5-18/h6-9,18H,2-5,10-15H2,1H3,(H,22,29). The molecule has 1 aromatic carbocycles. The Morgan fingerprint density at radius 2 is 1.81 bits per heavy atom. The lowest BCUT2D eigenvalue weighted by atomic mass is 10.2. The molecule has 166 valence electrons. The van der Waals surface area contributed by atoms with Crippen molar-refractivity contribution in [1.82, 2.24) is 30.0 Å². The Kier molecular flexibility index (Phi) is 7.18. The number of amides is 2. The fourth-order valence-electron chi connectivity index (χ4n) is 4.07. The molecule has 0 unspecified atom stereocenters. The summed E-state index contributed by atoms with van der Waals surface area (Å²) >= 11 is 1.41. The van der Waals surface area contributed by atoms with Crippen LogP contribution in [0.2, 0.25) is 0 Å². The largest absolute Gasteiger partial charge is 0.339 e. The van der Waals surface area contributed by atoms with Crippen LogP contribution in [-0.2, 0) is 9.59 Å². The zero-order valence-electron chi connectivity index (χ0n) is 17.9. The van der Waals surface area contributed by atoms with Crippen molar-refractivity contribution < 1.29 is 9.59 Å². The number of anilines is 1. The van der Waals surface area contributed by atoms with E-state index in [9.17, 15) is 9.59 Å². The van der Waals surface area contributed by atoms with E-state index in [2.05, 4.69) is 25.7 Å². The number of carbonyl (C=O) groups excluding carboxylic acids is 2. The van der Waals surface area contributed by atoms with Crippen molar-refractivity contribution in [3.63, 3.8) is 0 Å². The second-order valence-electron chi connectivity index (χ2n) is 8.20. The van der Waals surface area contributed by atoms with Crippen molar-refractivity contribution in [2.45, 2.75) is 43.8 Å². The molecule has 1 saturated heterocycles. The molecule has 0 spiro atoms. The number of hydrogen-bond acceptors (Lipinski definition) is 7. The predicted octanol–water partition coefficient (Wildman–Crippen LogP) is 1.97. The molecule has 1 aliphatic carbocycles. The molecule has 4 rings (SSSR count). The van der Waals surface area contributed by atoms with Gasteiger partial charge in [0.25, 0.3) is 0 Å². The van der Waals surface area contributed by atoms with Crippen molar-refractivity contribution in [1.29, 1.82) is 0 Å². The van der Waals surface area contributed by atoms with Gasteiger partial charge in [-0.15, -0.1) is 5.10 Å². The maximum atomic E-state index is 12.7. The van der Waals surface area contributed by atoms with Gasteiger partial charge in [0.2, 0.25) is 17.0 Å². The molecule has 31 heavy (non-hydrogen) atoms. The SMILES string of the molecule is Cc1ccc(NC(=O)CN2CCN(C(=O)CSc3nnnn3C3CCCC3)CC2)cc1. The van der Waals surface area contributed by atoms with Gasteiger partial charge in [-0.05, 0) is 42.3 Å². The second-order valence-corrected chi connectivity index (χ2v) is 9.15. The highest BCUT2D eigenvalue weighted by molar-refractivity contribution is 7.99. The Hall–Kier alpha value is -2.46. The molecule has 0 atom stereocenters. The normalized spacial score (nSPS) is 17.8. The summed E-state index contributed by atoms with van der Waals surface area (Å²) in [4.78, 5) is 28.9. The molecular formula is C21H29N7O2S. The van der Waals surface area contributed by atoms with Crippen molar-refractivity contribution in [3.05, 3.63) is 29.8 Å². The number of aryl methyl sites for hydroxylation is 1. The topological polar surface area (TPSA) is 96.2 Å². The minimum Gasteiger partial charge on any atom is -0.339 e. The molecule has 1 saturated carbocycles. The van der Waals surface area contributed by atoms with Gasteiger partial charge in [-0.1, -0.05) is 42.3 Å². The van der Waals surface area contributed by atoms with Crippen LogP contribution in [0.3, 0.4) is 0 Å². The van der Waals surface area contributed by atoms with Crippen LogP contribution in [0.4, 0.5) is 5.69 Å². The molecule has 2 aromatic rings. The first-order valence-corrected chi connectivity index (χ1v) is 11.8. The van der Waals surface area contributed by atoms with Gasteiger partial charge in [-0.25, -0.2) is 4.68 Å². The van der Waals surface area contributed by atoms with E-state index in [-0.39, 0.29) is 11.8 Å². The molecule has 2 heterocycles. The van der Waals surface area contributed by atoms with Crippen molar-refractivity contribution in [2.24, 2.45) is 0 Å². The van der Waals surface area contributed by atoms with Crippen LogP contribution in [0.1, 0.15) is 37.3 Å². The summed E-state index contributed by atoms with van der Waals surface area (Å²) < 4.78 is 1.88. The third-order valence-corrected chi connectivity index (χ3v) is 6.80. The molecule has 1 aliphatic heterocycles. The minimum absolute atomic E-state index is 0.0297. The summed E-state index contributed by atoms with van der Waals surface area (Å²) in [5.41, 5.74) is 1.97. The van der Waals surface area contributed by atoms with Crippen LogP contribution < -0.4 is 5.32 Å². The van der Waals surface area contributed by atoms with Gasteiger partial charge in [0, 0.05) is 31.9 Å². The zero-order valence-corrected chi connectivity index (χ0v) is 18.7. The van der Waals surface area contributed by atoms with E-state index < -0.39 is 0 Å². The summed E-state index contributed by atoms with van der Waals surface area (Å²) in [5, 5.41) is 15.7. The molecule has 2 aliphatic rings. The van der Waals surface area contributed by atoms with Gasteiger partial charge < -0.3 is 10.2 Å². The summed E-state index contributed by atoms with van der Waals surface area (Å²) in [5.74, 6) is 0.397. The van der Waals surface area contributed by atoms with Crippen LogP contribution in [0.15, 0.2) is 29.4 Å². The quantitative estimate of drug-likeness (QED) is 0.654. The number of aromatic nitrogens is 4. The fourth-order valence-corrected chi connectivity index (χ4v) is 4.92. The van der Waals surface area contributed by atoms with E-state index in [1.165, 1.54) is 24.6 Å². The Bertz CT molecular complexity index is 887. The third-order valence-electron chi connectivity index (χ3n) is 5.89. The van der Waals surface area contributed by atoms with Crippen LogP contribution >= 0.6 is 11.8 Å². The Balaban J connectivity index is 1.19. The van der Waals surface area contributed by atoms with Crippen LogP contribution in [0.5, 0.6) is 0 Å². The Morgan fingerprint density at radius 1 is 1.10 bits per heavy atom. The molecule has 1 N–H and O–H groups in total. The number of piperazine rings is 1. The van der Waals surface area contributed by atoms with E-state index in [1.807, 2.05) is 40.8 Å². The molecule has 10 heteroatoms. The number of nitrogens with zero attached hydrogens (tertiary/aromatic N) is 6. The van der Waals surface area contributed by atoms with Crippen LogP contribution in [0, 0.1) is 6.92 Å². The average molecular weight is 444 g/mol. The monoisotopic (exact) mass is 443 g/mol. The lowest BCUT2D eigenvalue weighted by Crippen LogP contribution is -2.50. The van der Waals surface area contributed by atoms with E-state index in [4.69, 9.17) is 0 Å². The minimum atomic E-state index is -0.0297. The lowest BCUT2D eigenvalue weighted by Gasteiger charge is -2.34. The first kappa shape index (κ1) is 21.8. The molecule has 2 fully saturated rings. The number of carbonyl (C=O) groups is 2. The molecule has 0 bridgehead atoms. The molecule has 0 radical (unpaired) electrons. The van der Waals surface area contributed by atoms with Gasteiger partial charge >= 0.3 is 0 Å². The second kappa shape index (κ2) is 10.2. The van der Waals surface area contributed by atoms with Gasteiger partial charge in [0.15, 0.2) is 0 Å². The van der Waals surface area contributed by atoms with Gasteiger partial charge in [-0.3, -0.25) is 14.5 Å². The summed E-state index contributed by atoms with van der Waals surface area (Å²) in [6.45, 7) is 4.99. The molecular weight excluding hydrogens is 414 g/mol. The van der Waals surface area contributed by atoms with Gasteiger partial charge in [0.1, 0.15) is 0 Å². The molecule has 9 nitrogen and oxygen atoms in total. The Morgan fingerprint density at radius 3 is 2.52 bits per heavy atom. The van der Waals surface area contributed by atoms with E-state index in [1.54, 1.807) is 0 Å². The van der Waals surface area contributed by atoms with E-state index >= 15 is 0 Å². The fraction of sp³-hybridized carbons (Fsp3) is 0.571. The summed E-state index contributed by atoms with van der Waals surface area (Å²) in [6, 6.07) is 8.13. The van der Waals surface area contributed by atoms with E-state index in [0.717, 1.165) is 29.2 Å². The maximum Gasteiger partial charge on any atom is 0.238 e. The first-order valence-electron chi connectivity index (χ1n) is 10.9. The smallest absolute Gasteiger partial charge is 0.238 e. The molecule has 1 aromatic heterocycles. The highest BCUT2D eigenvalue weighted by atomic mass is 32.2. The third kappa shape index (κ3) is 5.82. The van der Waals surface area contributed by atoms with Crippen molar-refractivity contribution in [2.75, 3.05) is 43.8 Å². The van der Waals surface area contributed by atoms with Crippen molar-refractivity contribution in [3.8, 4) is 0 Å². The van der Waals surface area contributed by atoms with Gasteiger partial charge in [0.05, 0.1) is 18.3 Å². The first-order chi connectivity index (χ1) is 15.1. The zero-order chi connectivity index (χ0) is 21.6. The number of nitrogens with one attached hydrogen (secondary N) is 1. The summed E-state index contributed by atoms with van der Waals surface area (Å²) in [7, 11) is 0. The van der Waals surface area contributed by atoms with Crippen molar-refractivity contribution >= 4 is 29.3 Å². The number of hydrogen-bond donors (Lipinski definition) is 1. The lowest BCUT2D eigenvalue weighted by molar-refractivity contribution is -0.130. The number of thioether (sulfide) groups is 1. The number of benzene rings is 1. The Labute approximate surface area is 186 Å².